The van der Waals surface area contributed by atoms with Gasteiger partial charge in [-0.2, -0.15) is 0 Å². The normalized spacial score (nSPS) is 14.1. The SMILES string of the molecule is CCC1CCOCC1.COc1ccc(-c2cn(C(=O)N(C)C3CCOCC3)cn2)cc1[N+](=O)[O-].COc1ccc(-c2cn(C(=O)Oc3ccccc3)cn2)cc1[N+](=O)[O-]. The summed E-state index contributed by atoms with van der Waals surface area (Å²) < 4.78 is 28.3. The van der Waals surface area contributed by atoms with Crippen molar-refractivity contribution < 1.29 is 43.1 Å². The van der Waals surface area contributed by atoms with E-state index in [0.29, 0.717) is 41.5 Å². The second-order valence-electron chi connectivity index (χ2n) is 13.5. The van der Waals surface area contributed by atoms with Crippen LogP contribution in [-0.4, -0.2) is 99.7 Å². The first-order valence-corrected chi connectivity index (χ1v) is 19.0. The molecule has 18 heteroatoms. The summed E-state index contributed by atoms with van der Waals surface area (Å²) in [5.74, 6) is 1.69. The molecule has 0 radical (unpaired) electrons. The van der Waals surface area contributed by atoms with E-state index in [1.54, 1.807) is 54.5 Å². The molecule has 2 aliphatic rings. The fourth-order valence-electron chi connectivity index (χ4n) is 6.34. The third-order valence-electron chi connectivity index (χ3n) is 9.85. The largest absolute Gasteiger partial charge is 0.490 e. The summed E-state index contributed by atoms with van der Waals surface area (Å²) in [6.07, 6.45) is 10.6. The number of hydrogen-bond donors (Lipinski definition) is 0. The Morgan fingerprint density at radius 2 is 1.25 bits per heavy atom. The van der Waals surface area contributed by atoms with Gasteiger partial charge in [-0.1, -0.05) is 31.5 Å². The van der Waals surface area contributed by atoms with Crippen LogP contribution >= 0.6 is 0 Å². The topological polar surface area (TPSA) is 205 Å². The summed E-state index contributed by atoms with van der Waals surface area (Å²) in [4.78, 5) is 56.0. The molecule has 312 valence electrons. The number of imidazole rings is 2. The number of para-hydroxylation sites is 1. The summed E-state index contributed by atoms with van der Waals surface area (Å²) in [5.41, 5.74) is 1.57. The smallest absolute Gasteiger partial charge is 0.424 e. The molecule has 2 saturated heterocycles. The van der Waals surface area contributed by atoms with Crippen LogP contribution in [-0.2, 0) is 9.47 Å². The second-order valence-corrected chi connectivity index (χ2v) is 13.5. The first-order chi connectivity index (χ1) is 28.5. The van der Waals surface area contributed by atoms with Crippen molar-refractivity contribution in [3.63, 3.8) is 0 Å². The minimum absolute atomic E-state index is 0.129. The number of methoxy groups -OCH3 is 2. The van der Waals surface area contributed by atoms with Crippen LogP contribution in [0.3, 0.4) is 0 Å². The average molecular weight is 814 g/mol. The summed E-state index contributed by atoms with van der Waals surface area (Å²) >= 11 is 0. The molecule has 7 rings (SSSR count). The van der Waals surface area contributed by atoms with Gasteiger partial charge in [0, 0.05) is 75.2 Å². The van der Waals surface area contributed by atoms with Crippen molar-refractivity contribution in [2.75, 3.05) is 47.7 Å². The van der Waals surface area contributed by atoms with E-state index in [9.17, 15) is 29.8 Å². The summed E-state index contributed by atoms with van der Waals surface area (Å²) in [6, 6.07) is 17.6. The van der Waals surface area contributed by atoms with Crippen LogP contribution in [0, 0.1) is 26.1 Å². The van der Waals surface area contributed by atoms with Gasteiger partial charge in [-0.3, -0.25) is 24.8 Å². The molecule has 2 aliphatic heterocycles. The fraction of sp³-hybridized carbons (Fsp3) is 0.366. The number of rotatable bonds is 9. The Bertz CT molecular complexity index is 2180. The molecule has 5 aromatic rings. The molecule has 2 aromatic heterocycles. The summed E-state index contributed by atoms with van der Waals surface area (Å²) in [5, 5.41) is 22.3. The third-order valence-corrected chi connectivity index (χ3v) is 9.85. The number of carbonyl (C=O) groups excluding carboxylic acids is 2. The number of nitro groups is 2. The van der Waals surface area contributed by atoms with Crippen molar-refractivity contribution >= 4 is 23.5 Å². The van der Waals surface area contributed by atoms with E-state index in [-0.39, 0.29) is 34.9 Å². The number of ether oxygens (including phenoxy) is 5. The number of aromatic nitrogens is 4. The van der Waals surface area contributed by atoms with Crippen molar-refractivity contribution in [2.24, 2.45) is 5.92 Å². The molecular weight excluding hydrogens is 766 g/mol. The number of carbonyl (C=O) groups is 2. The van der Waals surface area contributed by atoms with Crippen LogP contribution in [0.25, 0.3) is 22.5 Å². The number of nitro benzene ring substituents is 2. The van der Waals surface area contributed by atoms with Gasteiger partial charge in [0.2, 0.25) is 0 Å². The first-order valence-electron chi connectivity index (χ1n) is 19.0. The van der Waals surface area contributed by atoms with Gasteiger partial charge in [-0.15, -0.1) is 0 Å². The molecule has 18 nitrogen and oxygen atoms in total. The maximum atomic E-state index is 12.6. The molecule has 0 aliphatic carbocycles. The fourth-order valence-corrected chi connectivity index (χ4v) is 6.34. The highest BCUT2D eigenvalue weighted by molar-refractivity contribution is 5.78. The van der Waals surface area contributed by atoms with E-state index in [1.807, 2.05) is 6.07 Å². The van der Waals surface area contributed by atoms with Gasteiger partial charge < -0.3 is 28.6 Å². The van der Waals surface area contributed by atoms with Crippen LogP contribution in [0.15, 0.2) is 91.8 Å². The zero-order chi connectivity index (χ0) is 42.3. The maximum Gasteiger partial charge on any atom is 0.424 e. The van der Waals surface area contributed by atoms with Gasteiger partial charge in [-0.25, -0.2) is 24.1 Å². The number of benzene rings is 3. The maximum absolute atomic E-state index is 12.6. The van der Waals surface area contributed by atoms with Gasteiger partial charge in [-0.05, 0) is 68.0 Å². The van der Waals surface area contributed by atoms with Crippen molar-refractivity contribution in [1.29, 1.82) is 0 Å². The summed E-state index contributed by atoms with van der Waals surface area (Å²) in [6.45, 7) is 5.55. The Labute approximate surface area is 340 Å². The lowest BCUT2D eigenvalue weighted by Crippen LogP contribution is -2.42. The van der Waals surface area contributed by atoms with E-state index in [4.69, 9.17) is 23.7 Å². The molecule has 1 amide bonds. The molecule has 2 fully saturated rings. The quantitative estimate of drug-likeness (QED) is 0.103. The standard InChI is InChI=1S/C17H20N4O5.C17H13N3O5.C7H14O/c1-19(13-5-7-26-8-6-13)17(22)20-10-14(18-11-20)12-3-4-16(25-2)15(9-12)21(23)24;1-24-16-8-7-12(9-15(16)20(22)23)14-10-19(11-18-14)17(21)25-13-5-3-2-4-6-13;1-2-7-3-5-8-6-4-7/h3-4,9-11,13H,5-8H2,1-2H3;2-11H,1H3;7H,2-6H2,1H3. The highest BCUT2D eigenvalue weighted by atomic mass is 16.6. The van der Waals surface area contributed by atoms with Crippen LogP contribution in [0.5, 0.6) is 17.2 Å². The summed E-state index contributed by atoms with van der Waals surface area (Å²) in [7, 11) is 4.49. The zero-order valence-electron chi connectivity index (χ0n) is 33.3. The highest BCUT2D eigenvalue weighted by Crippen LogP contribution is 2.33. The number of amides is 1. The van der Waals surface area contributed by atoms with Crippen molar-refractivity contribution in [2.45, 2.75) is 45.1 Å². The van der Waals surface area contributed by atoms with Gasteiger partial charge in [0.05, 0.1) is 35.5 Å². The minimum Gasteiger partial charge on any atom is -0.490 e. The average Bonchev–Trinajstić information content (AvgIpc) is 3.99. The lowest BCUT2D eigenvalue weighted by atomic mass is 9.98. The lowest BCUT2D eigenvalue weighted by Gasteiger charge is -2.30. The van der Waals surface area contributed by atoms with E-state index in [1.165, 1.54) is 85.7 Å². The van der Waals surface area contributed by atoms with Gasteiger partial charge in [0.25, 0.3) is 0 Å². The van der Waals surface area contributed by atoms with Gasteiger partial charge in [0.15, 0.2) is 11.5 Å². The Balaban J connectivity index is 0.000000189. The molecule has 59 heavy (non-hydrogen) atoms. The van der Waals surface area contributed by atoms with Crippen LogP contribution < -0.4 is 14.2 Å². The Kier molecular flexibility index (Phi) is 15.6. The second kappa shape index (κ2) is 21.2. The lowest BCUT2D eigenvalue weighted by molar-refractivity contribution is -0.385. The minimum atomic E-state index is -0.632. The third kappa shape index (κ3) is 11.7. The predicted molar refractivity (Wildman–Crippen MR) is 216 cm³/mol. The number of nitrogens with zero attached hydrogens (tertiary/aromatic N) is 7. The molecule has 0 unspecified atom stereocenters. The predicted octanol–water partition coefficient (Wildman–Crippen LogP) is 7.88. The van der Waals surface area contributed by atoms with Crippen molar-refractivity contribution in [3.8, 4) is 39.8 Å². The monoisotopic (exact) mass is 813 g/mol. The first kappa shape index (κ1) is 43.5. The van der Waals surface area contributed by atoms with Crippen molar-refractivity contribution in [1.82, 2.24) is 24.0 Å². The molecular formula is C41H47N7O11. The molecule has 4 heterocycles. The van der Waals surface area contributed by atoms with Crippen molar-refractivity contribution in [3.05, 3.63) is 112 Å². The van der Waals surface area contributed by atoms with E-state index >= 15 is 0 Å². The molecule has 0 bridgehead atoms. The van der Waals surface area contributed by atoms with E-state index in [0.717, 1.165) is 32.0 Å². The van der Waals surface area contributed by atoms with Gasteiger partial charge >= 0.3 is 23.5 Å². The van der Waals surface area contributed by atoms with Crippen LogP contribution in [0.1, 0.15) is 39.0 Å². The Morgan fingerprint density at radius 1 is 0.763 bits per heavy atom. The highest BCUT2D eigenvalue weighted by Gasteiger charge is 2.25. The zero-order valence-corrected chi connectivity index (χ0v) is 33.3. The van der Waals surface area contributed by atoms with Gasteiger partial charge in [0.1, 0.15) is 18.4 Å². The van der Waals surface area contributed by atoms with E-state index in [2.05, 4.69) is 16.9 Å². The number of hydrogen-bond acceptors (Lipinski definition) is 13. The molecule has 0 N–H and O–H groups in total. The molecule has 0 saturated carbocycles. The van der Waals surface area contributed by atoms with Crippen LogP contribution in [0.2, 0.25) is 0 Å². The van der Waals surface area contributed by atoms with E-state index < -0.39 is 15.9 Å². The Morgan fingerprint density at radius 3 is 1.73 bits per heavy atom. The molecule has 3 aromatic carbocycles. The Hall–Kier alpha value is -6.66. The molecule has 0 atom stereocenters. The molecule has 0 spiro atoms. The van der Waals surface area contributed by atoms with Crippen LogP contribution in [0.4, 0.5) is 21.0 Å².